The van der Waals surface area contributed by atoms with Gasteiger partial charge in [0.25, 0.3) is 0 Å². The molecule has 3 atom stereocenters. The zero-order chi connectivity index (χ0) is 15.6. The number of hydrogen-bond acceptors (Lipinski definition) is 3. The Kier molecular flexibility index (Phi) is 4.95. The first-order chi connectivity index (χ1) is 9.20. The van der Waals surface area contributed by atoms with Crippen molar-refractivity contribution >= 4 is 19.3 Å². The second kappa shape index (κ2) is 5.94. The molecule has 0 spiro atoms. The molecule has 0 saturated heterocycles. The van der Waals surface area contributed by atoms with Crippen LogP contribution >= 0.6 is 7.37 Å². The highest BCUT2D eigenvalue weighted by Gasteiger charge is 2.57. The Balaban J connectivity index is 3.35. The fourth-order valence-corrected chi connectivity index (χ4v) is 4.94. The van der Waals surface area contributed by atoms with Crippen LogP contribution in [0, 0.1) is 5.92 Å². The lowest BCUT2D eigenvalue weighted by Crippen LogP contribution is -2.46. The van der Waals surface area contributed by atoms with E-state index in [1.165, 1.54) is 19.1 Å². The summed E-state index contributed by atoms with van der Waals surface area (Å²) >= 11 is 0. The Bertz CT molecular complexity index is 521. The average Bonchev–Trinajstić information content (AvgIpc) is 2.35. The summed E-state index contributed by atoms with van der Waals surface area (Å²) in [6, 6.07) is 0. The van der Waals surface area contributed by atoms with E-state index in [1.54, 1.807) is 0 Å². The van der Waals surface area contributed by atoms with Crippen molar-refractivity contribution in [3.8, 4) is 0 Å². The first kappa shape index (κ1) is 16.7. The molecular formula is C13H19O6P. The third kappa shape index (κ3) is 2.58. The first-order valence-corrected chi connectivity index (χ1v) is 8.23. The van der Waals surface area contributed by atoms with Gasteiger partial charge in [-0.25, -0.2) is 4.79 Å². The molecule has 0 amide bonds. The van der Waals surface area contributed by atoms with E-state index in [1.807, 2.05) is 6.92 Å². The van der Waals surface area contributed by atoms with Crippen LogP contribution in [0.1, 0.15) is 26.7 Å². The number of hydrogen-bond donors (Lipinski definition) is 3. The minimum atomic E-state index is -4.10. The maximum absolute atomic E-state index is 12.6. The molecule has 7 heteroatoms. The fourth-order valence-electron chi connectivity index (χ4n) is 2.46. The SMILES string of the molecule is CCCCP(=O)(O)C1(C(=O)O)C=CC=C(C(=O)O)C1C. The number of carboxylic acid groups (broad SMARTS) is 2. The summed E-state index contributed by atoms with van der Waals surface area (Å²) in [5, 5.41) is 16.5. The fraction of sp³-hybridized carbons (Fsp3) is 0.538. The second-order valence-electron chi connectivity index (χ2n) is 4.92. The normalized spacial score (nSPS) is 28.6. The van der Waals surface area contributed by atoms with Crippen LogP contribution in [0.4, 0.5) is 0 Å². The van der Waals surface area contributed by atoms with Crippen LogP contribution in [-0.4, -0.2) is 38.4 Å². The van der Waals surface area contributed by atoms with E-state index in [0.29, 0.717) is 12.8 Å². The van der Waals surface area contributed by atoms with Crippen LogP contribution in [-0.2, 0) is 14.2 Å². The van der Waals surface area contributed by atoms with E-state index in [-0.39, 0.29) is 11.7 Å². The molecule has 0 aromatic carbocycles. The van der Waals surface area contributed by atoms with Gasteiger partial charge < -0.3 is 15.1 Å². The van der Waals surface area contributed by atoms with Gasteiger partial charge in [0.15, 0.2) is 5.16 Å². The Morgan fingerprint density at radius 2 is 2.00 bits per heavy atom. The van der Waals surface area contributed by atoms with E-state index in [2.05, 4.69) is 0 Å². The van der Waals surface area contributed by atoms with E-state index < -0.39 is 30.4 Å². The van der Waals surface area contributed by atoms with E-state index in [9.17, 15) is 24.2 Å². The molecule has 20 heavy (non-hydrogen) atoms. The van der Waals surface area contributed by atoms with Crippen molar-refractivity contribution in [3.63, 3.8) is 0 Å². The molecule has 1 aliphatic rings. The maximum atomic E-state index is 12.6. The van der Waals surface area contributed by atoms with Gasteiger partial charge in [0.2, 0.25) is 7.37 Å². The summed E-state index contributed by atoms with van der Waals surface area (Å²) in [6.07, 6.45) is 4.59. The molecule has 0 aliphatic heterocycles. The second-order valence-corrected chi connectivity index (χ2v) is 7.51. The highest BCUT2D eigenvalue weighted by atomic mass is 31.2. The quantitative estimate of drug-likeness (QED) is 0.648. The topological polar surface area (TPSA) is 112 Å². The van der Waals surface area contributed by atoms with Crippen LogP contribution < -0.4 is 0 Å². The van der Waals surface area contributed by atoms with Gasteiger partial charge in [-0.2, -0.15) is 0 Å². The number of rotatable bonds is 6. The molecule has 3 unspecified atom stereocenters. The molecule has 0 heterocycles. The maximum Gasteiger partial charge on any atom is 0.331 e. The number of carboxylic acids is 2. The number of carbonyl (C=O) groups is 2. The van der Waals surface area contributed by atoms with Crippen molar-refractivity contribution in [1.29, 1.82) is 0 Å². The van der Waals surface area contributed by atoms with Gasteiger partial charge in [0.1, 0.15) is 0 Å². The smallest absolute Gasteiger partial charge is 0.331 e. The highest BCUT2D eigenvalue weighted by molar-refractivity contribution is 7.61. The van der Waals surface area contributed by atoms with Crippen molar-refractivity contribution in [2.24, 2.45) is 5.92 Å². The van der Waals surface area contributed by atoms with Crippen LogP contribution in [0.3, 0.4) is 0 Å². The lowest BCUT2D eigenvalue weighted by atomic mass is 9.82. The summed E-state index contributed by atoms with van der Waals surface area (Å²) in [7, 11) is -4.10. The summed E-state index contributed by atoms with van der Waals surface area (Å²) in [6.45, 7) is 3.20. The molecule has 3 N–H and O–H groups in total. The lowest BCUT2D eigenvalue weighted by molar-refractivity contribution is -0.140. The predicted octanol–water partition coefficient (Wildman–Crippen LogP) is 2.10. The third-order valence-corrected chi connectivity index (χ3v) is 6.54. The van der Waals surface area contributed by atoms with Gasteiger partial charge in [0.05, 0.1) is 0 Å². The Morgan fingerprint density at radius 1 is 1.40 bits per heavy atom. The number of allylic oxidation sites excluding steroid dienone is 2. The average molecular weight is 302 g/mol. The van der Waals surface area contributed by atoms with Crippen LogP contribution in [0.5, 0.6) is 0 Å². The number of aliphatic carboxylic acids is 2. The summed E-state index contributed by atoms with van der Waals surface area (Å²) in [5.74, 6) is -3.81. The Labute approximate surface area is 117 Å². The van der Waals surface area contributed by atoms with Crippen LogP contribution in [0.2, 0.25) is 0 Å². The number of unbranched alkanes of at least 4 members (excludes halogenated alkanes) is 1. The zero-order valence-corrected chi connectivity index (χ0v) is 12.3. The molecular weight excluding hydrogens is 283 g/mol. The molecule has 0 fully saturated rings. The summed E-state index contributed by atoms with van der Waals surface area (Å²) < 4.78 is 12.6. The van der Waals surface area contributed by atoms with Crippen molar-refractivity contribution in [2.45, 2.75) is 31.8 Å². The molecule has 0 aromatic rings. The van der Waals surface area contributed by atoms with Gasteiger partial charge in [-0.05, 0) is 6.42 Å². The van der Waals surface area contributed by atoms with E-state index in [4.69, 9.17) is 5.11 Å². The molecule has 0 bridgehead atoms. The van der Waals surface area contributed by atoms with Crippen LogP contribution in [0.15, 0.2) is 23.8 Å². The zero-order valence-electron chi connectivity index (χ0n) is 11.4. The minimum absolute atomic E-state index is 0.141. The lowest BCUT2D eigenvalue weighted by Gasteiger charge is -2.38. The molecule has 112 valence electrons. The monoisotopic (exact) mass is 302 g/mol. The molecule has 1 aliphatic carbocycles. The van der Waals surface area contributed by atoms with Gasteiger partial charge >= 0.3 is 11.9 Å². The minimum Gasteiger partial charge on any atom is -0.480 e. The van der Waals surface area contributed by atoms with Gasteiger partial charge in [0, 0.05) is 17.7 Å². The standard InChI is InChI=1S/C13H19O6P/c1-3-4-8-20(18,19)13(12(16)17)7-5-6-10(9(13)2)11(14)15/h5-7,9H,3-4,8H2,1-2H3,(H,14,15)(H,16,17)(H,18,19). The van der Waals surface area contributed by atoms with E-state index in [0.717, 1.165) is 6.08 Å². The van der Waals surface area contributed by atoms with Gasteiger partial charge in [-0.1, -0.05) is 38.5 Å². The Hall–Kier alpha value is -1.39. The van der Waals surface area contributed by atoms with E-state index >= 15 is 0 Å². The molecule has 0 aromatic heterocycles. The summed E-state index contributed by atoms with van der Waals surface area (Å²) in [4.78, 5) is 33.1. The van der Waals surface area contributed by atoms with Gasteiger partial charge in [-0.15, -0.1) is 0 Å². The molecule has 1 rings (SSSR count). The van der Waals surface area contributed by atoms with Crippen molar-refractivity contribution < 1.29 is 29.3 Å². The Morgan fingerprint density at radius 3 is 2.45 bits per heavy atom. The molecule has 0 saturated carbocycles. The highest BCUT2D eigenvalue weighted by Crippen LogP contribution is 2.61. The van der Waals surface area contributed by atoms with Crippen molar-refractivity contribution in [3.05, 3.63) is 23.8 Å². The third-order valence-electron chi connectivity index (χ3n) is 3.74. The van der Waals surface area contributed by atoms with Gasteiger partial charge in [-0.3, -0.25) is 9.36 Å². The summed E-state index contributed by atoms with van der Waals surface area (Å²) in [5.41, 5.74) is -0.166. The largest absolute Gasteiger partial charge is 0.480 e. The van der Waals surface area contributed by atoms with Crippen molar-refractivity contribution in [2.75, 3.05) is 6.16 Å². The molecule has 6 nitrogen and oxygen atoms in total. The van der Waals surface area contributed by atoms with Crippen LogP contribution in [0.25, 0.3) is 0 Å². The van der Waals surface area contributed by atoms with Crippen molar-refractivity contribution in [1.82, 2.24) is 0 Å². The first-order valence-electron chi connectivity index (χ1n) is 6.38. The predicted molar refractivity (Wildman–Crippen MR) is 74.0 cm³/mol. The molecule has 0 radical (unpaired) electrons.